The van der Waals surface area contributed by atoms with Crippen LogP contribution in [0.5, 0.6) is 11.8 Å². The minimum absolute atomic E-state index is 0.0215. The summed E-state index contributed by atoms with van der Waals surface area (Å²) >= 11 is 0. The first kappa shape index (κ1) is 38.8. The summed E-state index contributed by atoms with van der Waals surface area (Å²) in [6.07, 6.45) is 4.53. The molecule has 2 saturated carbocycles. The molecule has 13 heteroatoms. The number of aliphatic carboxylic acids is 1. The van der Waals surface area contributed by atoms with Crippen molar-refractivity contribution in [1.29, 1.82) is 0 Å². The molecule has 2 fully saturated rings. The van der Waals surface area contributed by atoms with E-state index in [1.165, 1.54) is 24.3 Å². The summed E-state index contributed by atoms with van der Waals surface area (Å²) < 4.78 is 36.5. The quantitative estimate of drug-likeness (QED) is 0.126. The number of aromatic nitrogens is 2. The first-order chi connectivity index (χ1) is 24.6. The average molecular weight is 707 g/mol. The zero-order chi connectivity index (χ0) is 36.9. The molecule has 6 N–H and O–H groups in total. The smallest absolute Gasteiger partial charge is 0.307 e. The van der Waals surface area contributed by atoms with E-state index in [0.29, 0.717) is 43.4 Å². The number of nitrogens with one attached hydrogen (secondary N) is 1. The fourth-order valence-electron chi connectivity index (χ4n) is 5.46. The third-order valence-corrected chi connectivity index (χ3v) is 8.42. The topological polar surface area (TPSA) is 177 Å². The van der Waals surface area contributed by atoms with E-state index in [1.807, 2.05) is 19.9 Å². The molecule has 0 aliphatic heterocycles. The van der Waals surface area contributed by atoms with Gasteiger partial charge in [-0.2, -0.15) is 0 Å². The van der Waals surface area contributed by atoms with E-state index in [4.69, 9.17) is 25.4 Å². The number of hydrogen-bond acceptors (Lipinski definition) is 9. The zero-order valence-corrected chi connectivity index (χ0v) is 28.5. The highest BCUT2D eigenvalue weighted by molar-refractivity contribution is 5.83. The maximum absolute atomic E-state index is 13.3. The van der Waals surface area contributed by atoms with E-state index in [-0.39, 0.29) is 60.5 Å². The first-order valence-electron chi connectivity index (χ1n) is 16.8. The molecular formula is C38H44F2N4O7. The van der Waals surface area contributed by atoms with E-state index in [0.717, 1.165) is 16.7 Å². The summed E-state index contributed by atoms with van der Waals surface area (Å²) in [6.45, 7) is 4.59. The second-order valence-corrected chi connectivity index (χ2v) is 12.1. The second-order valence-electron chi connectivity index (χ2n) is 12.1. The summed E-state index contributed by atoms with van der Waals surface area (Å²) in [5.74, 6) is -0.865. The Kier molecular flexibility index (Phi) is 14.4. The number of amides is 1. The highest BCUT2D eigenvalue weighted by Crippen LogP contribution is 2.48. The second kappa shape index (κ2) is 18.9. The summed E-state index contributed by atoms with van der Waals surface area (Å²) in [5, 5.41) is 29.9. The van der Waals surface area contributed by atoms with Gasteiger partial charge in [-0.1, -0.05) is 30.3 Å². The highest BCUT2D eigenvalue weighted by Gasteiger charge is 2.45. The van der Waals surface area contributed by atoms with Gasteiger partial charge in [-0.05, 0) is 91.1 Å². The lowest BCUT2D eigenvalue weighted by atomic mass is 10.1. The molecule has 2 aromatic carbocycles. The molecular weight excluding hydrogens is 662 g/mol. The van der Waals surface area contributed by atoms with Crippen LogP contribution in [0.2, 0.25) is 0 Å². The molecule has 0 spiro atoms. The zero-order valence-electron chi connectivity index (χ0n) is 28.5. The molecule has 1 amide bonds. The molecule has 4 aromatic rings. The SMILES string of the molecule is CCOc1ccc([C@@H](N)CO)cn1.CCOc1ccc([C@H](CO)NC(=O)[C@H]2C[C@@H]2c2cccc(F)c2)cn1.O=C(O)[C@H]1C[C@@H]1c1cccc(F)c1. The standard InChI is InChI=1S/C19H21FN2O3.C10H9FO2.C9H14N2O2/c1-2-25-18-7-6-13(10-21-18)17(11-23)22-19(24)16-9-15(16)12-4-3-5-14(20)8-12;11-7-3-1-2-6(4-7)8-5-9(8)10(12)13;1-2-13-9-4-3-7(5-11-9)8(10)6-12/h3-8,10,15-17,23H,2,9,11H2,1H3,(H,22,24);1-4,8-9H,5H2,(H,12,13);3-5,8,12H,2,6,10H2,1H3/t15-,16+,17+;8-,9+;8-/m110/s1. The molecule has 2 aromatic heterocycles. The largest absolute Gasteiger partial charge is 0.481 e. The lowest BCUT2D eigenvalue weighted by Crippen LogP contribution is -2.32. The Bertz CT molecular complexity index is 1710. The number of hydrogen-bond donors (Lipinski definition) is 5. The molecule has 2 aliphatic rings. The lowest BCUT2D eigenvalue weighted by Gasteiger charge is -2.17. The molecule has 11 nitrogen and oxygen atoms in total. The monoisotopic (exact) mass is 706 g/mol. The van der Waals surface area contributed by atoms with Gasteiger partial charge < -0.3 is 35.8 Å². The van der Waals surface area contributed by atoms with Gasteiger partial charge in [0.25, 0.3) is 0 Å². The van der Waals surface area contributed by atoms with Gasteiger partial charge >= 0.3 is 5.97 Å². The summed E-state index contributed by atoms with van der Waals surface area (Å²) in [5.41, 5.74) is 8.74. The maximum Gasteiger partial charge on any atom is 0.307 e. The number of carboxylic acid groups (broad SMARTS) is 1. The van der Waals surface area contributed by atoms with Crippen LogP contribution in [-0.2, 0) is 9.59 Å². The molecule has 2 heterocycles. The number of carbonyl (C=O) groups excluding carboxylic acids is 1. The van der Waals surface area contributed by atoms with E-state index in [1.54, 1.807) is 54.9 Å². The third-order valence-electron chi connectivity index (χ3n) is 8.42. The third kappa shape index (κ3) is 11.5. The van der Waals surface area contributed by atoms with E-state index in [9.17, 15) is 23.5 Å². The van der Waals surface area contributed by atoms with Gasteiger partial charge in [0.15, 0.2) is 0 Å². The normalized spacial score (nSPS) is 19.5. The number of benzene rings is 2. The van der Waals surface area contributed by atoms with Crippen molar-refractivity contribution in [2.45, 2.75) is 50.6 Å². The molecule has 51 heavy (non-hydrogen) atoms. The number of aliphatic hydroxyl groups excluding tert-OH is 2. The van der Waals surface area contributed by atoms with Crippen molar-refractivity contribution in [3.05, 3.63) is 119 Å². The highest BCUT2D eigenvalue weighted by atomic mass is 19.1. The maximum atomic E-state index is 13.3. The Labute approximate surface area is 295 Å². The van der Waals surface area contributed by atoms with Crippen molar-refractivity contribution in [2.24, 2.45) is 17.6 Å². The molecule has 0 radical (unpaired) electrons. The van der Waals surface area contributed by atoms with E-state index in [2.05, 4.69) is 15.3 Å². The van der Waals surface area contributed by atoms with Gasteiger partial charge in [0.05, 0.1) is 44.4 Å². The lowest BCUT2D eigenvalue weighted by molar-refractivity contribution is -0.138. The Morgan fingerprint density at radius 3 is 1.73 bits per heavy atom. The molecule has 2 aliphatic carbocycles. The molecule has 0 saturated heterocycles. The van der Waals surface area contributed by atoms with Crippen molar-refractivity contribution < 1.29 is 43.2 Å². The number of aliphatic hydroxyl groups is 2. The predicted molar refractivity (Wildman–Crippen MR) is 185 cm³/mol. The van der Waals surface area contributed by atoms with E-state index >= 15 is 0 Å². The fraction of sp³-hybridized carbons (Fsp3) is 0.368. The van der Waals surface area contributed by atoms with Gasteiger partial charge in [0.2, 0.25) is 17.7 Å². The van der Waals surface area contributed by atoms with Gasteiger partial charge in [0.1, 0.15) is 11.6 Å². The number of halogens is 2. The molecule has 6 rings (SSSR count). The molecule has 0 unspecified atom stereocenters. The first-order valence-corrected chi connectivity index (χ1v) is 16.8. The van der Waals surface area contributed by atoms with Gasteiger partial charge in [-0.15, -0.1) is 0 Å². The number of carboxylic acids is 1. The summed E-state index contributed by atoms with van der Waals surface area (Å²) in [4.78, 5) is 31.1. The van der Waals surface area contributed by atoms with E-state index < -0.39 is 12.0 Å². The number of ether oxygens (including phenoxy) is 2. The fourth-order valence-corrected chi connectivity index (χ4v) is 5.46. The van der Waals surface area contributed by atoms with Crippen LogP contribution in [0.4, 0.5) is 8.78 Å². The Hall–Kier alpha value is -4.98. The minimum Gasteiger partial charge on any atom is -0.481 e. The minimum atomic E-state index is -0.783. The Morgan fingerprint density at radius 2 is 1.31 bits per heavy atom. The number of nitrogens with zero attached hydrogens (tertiary/aromatic N) is 2. The molecule has 272 valence electrons. The Morgan fingerprint density at radius 1 is 0.804 bits per heavy atom. The number of rotatable bonds is 13. The number of nitrogens with two attached hydrogens (primary N) is 1. The van der Waals surface area contributed by atoms with Crippen molar-refractivity contribution in [3.63, 3.8) is 0 Å². The van der Waals surface area contributed by atoms with Crippen molar-refractivity contribution >= 4 is 11.9 Å². The van der Waals surface area contributed by atoms with Gasteiger partial charge in [-0.25, -0.2) is 18.7 Å². The van der Waals surface area contributed by atoms with Crippen LogP contribution in [0.25, 0.3) is 0 Å². The van der Waals surface area contributed by atoms with Crippen LogP contribution in [0.3, 0.4) is 0 Å². The van der Waals surface area contributed by atoms with Crippen molar-refractivity contribution in [3.8, 4) is 11.8 Å². The Balaban J connectivity index is 0.000000189. The van der Waals surface area contributed by atoms with Crippen LogP contribution in [0.15, 0.2) is 85.2 Å². The average Bonchev–Trinajstić information content (AvgIpc) is 4.07. The van der Waals surface area contributed by atoms with Crippen molar-refractivity contribution in [1.82, 2.24) is 15.3 Å². The van der Waals surface area contributed by atoms with Crippen LogP contribution >= 0.6 is 0 Å². The van der Waals surface area contributed by atoms with Gasteiger partial charge in [0, 0.05) is 30.4 Å². The van der Waals surface area contributed by atoms with Crippen molar-refractivity contribution in [2.75, 3.05) is 26.4 Å². The summed E-state index contributed by atoms with van der Waals surface area (Å²) in [6, 6.07) is 18.7. The van der Waals surface area contributed by atoms with Crippen LogP contribution in [0, 0.1) is 23.5 Å². The van der Waals surface area contributed by atoms with Crippen LogP contribution in [0.1, 0.15) is 72.9 Å². The number of carbonyl (C=O) groups is 2. The number of pyridine rings is 2. The van der Waals surface area contributed by atoms with Crippen LogP contribution in [-0.4, -0.2) is 63.6 Å². The summed E-state index contributed by atoms with van der Waals surface area (Å²) in [7, 11) is 0. The predicted octanol–water partition coefficient (Wildman–Crippen LogP) is 5.06. The van der Waals surface area contributed by atoms with Gasteiger partial charge in [-0.3, -0.25) is 9.59 Å². The van der Waals surface area contributed by atoms with Crippen LogP contribution < -0.4 is 20.5 Å². The molecule has 0 bridgehead atoms. The molecule has 6 atom stereocenters.